The fraction of sp³-hybridized carbons (Fsp3) is 0.500. The number of hydrogen-bond donors (Lipinski definition) is 1. The van der Waals surface area contributed by atoms with Crippen molar-refractivity contribution in [2.75, 3.05) is 26.0 Å². The second-order valence-corrected chi connectivity index (χ2v) is 7.94. The number of aliphatic hydroxyl groups is 1. The lowest BCUT2D eigenvalue weighted by atomic mass is 10.2. The fourth-order valence-electron chi connectivity index (χ4n) is 3.28. The van der Waals surface area contributed by atoms with Crippen LogP contribution in [-0.4, -0.2) is 63.6 Å². The van der Waals surface area contributed by atoms with E-state index >= 15 is 0 Å². The van der Waals surface area contributed by atoms with Gasteiger partial charge in [0.15, 0.2) is 5.16 Å². The summed E-state index contributed by atoms with van der Waals surface area (Å²) in [5, 5.41) is 10.2. The lowest BCUT2D eigenvalue weighted by molar-refractivity contribution is -0.140. The fourth-order valence-corrected chi connectivity index (χ4v) is 4.18. The van der Waals surface area contributed by atoms with Crippen molar-refractivity contribution in [1.29, 1.82) is 0 Å². The molecular formula is C20H27N3O4S. The molecule has 0 aliphatic carbocycles. The smallest absolute Gasteiger partial charge is 0.233 e. The van der Waals surface area contributed by atoms with Gasteiger partial charge in [-0.2, -0.15) is 0 Å². The van der Waals surface area contributed by atoms with E-state index in [4.69, 9.17) is 9.47 Å². The molecule has 28 heavy (non-hydrogen) atoms. The van der Waals surface area contributed by atoms with E-state index in [1.165, 1.54) is 11.8 Å². The van der Waals surface area contributed by atoms with Gasteiger partial charge in [-0.15, -0.1) is 0 Å². The van der Waals surface area contributed by atoms with Crippen molar-refractivity contribution in [3.8, 4) is 5.75 Å². The first-order chi connectivity index (χ1) is 13.5. The minimum Gasteiger partial charge on any atom is -0.497 e. The summed E-state index contributed by atoms with van der Waals surface area (Å²) in [7, 11) is 1.64. The van der Waals surface area contributed by atoms with E-state index in [-0.39, 0.29) is 24.7 Å². The number of thioether (sulfide) groups is 1. The minimum absolute atomic E-state index is 0.0516. The summed E-state index contributed by atoms with van der Waals surface area (Å²) in [6.45, 7) is 5.68. The van der Waals surface area contributed by atoms with Gasteiger partial charge in [0.1, 0.15) is 5.75 Å². The SMILES string of the molecule is COc1ccc(Cn2cc(CO)nc2SCC(=O)N2CC(C)OC(C)C2)cc1. The van der Waals surface area contributed by atoms with Crippen LogP contribution in [0.2, 0.25) is 0 Å². The van der Waals surface area contributed by atoms with E-state index in [2.05, 4.69) is 4.98 Å². The molecule has 1 aliphatic heterocycles. The van der Waals surface area contributed by atoms with Crippen molar-refractivity contribution < 1.29 is 19.4 Å². The van der Waals surface area contributed by atoms with Gasteiger partial charge in [0.2, 0.25) is 5.91 Å². The topological polar surface area (TPSA) is 76.8 Å². The summed E-state index contributed by atoms with van der Waals surface area (Å²) in [5.41, 5.74) is 1.68. The maximum absolute atomic E-state index is 12.6. The van der Waals surface area contributed by atoms with E-state index in [0.29, 0.717) is 31.1 Å². The maximum atomic E-state index is 12.6. The highest BCUT2D eigenvalue weighted by molar-refractivity contribution is 7.99. The van der Waals surface area contributed by atoms with Crippen LogP contribution in [0.15, 0.2) is 35.6 Å². The van der Waals surface area contributed by atoms with Crippen molar-refractivity contribution in [2.45, 2.75) is 44.4 Å². The third-order valence-corrected chi connectivity index (χ3v) is 5.54. The molecule has 1 amide bonds. The van der Waals surface area contributed by atoms with Crippen molar-refractivity contribution in [3.05, 3.63) is 41.7 Å². The molecule has 0 spiro atoms. The van der Waals surface area contributed by atoms with Gasteiger partial charge in [0.05, 0.1) is 37.4 Å². The first-order valence-electron chi connectivity index (χ1n) is 9.34. The molecule has 1 fully saturated rings. The molecule has 1 N–H and O–H groups in total. The number of aromatic nitrogens is 2. The Balaban J connectivity index is 1.65. The normalized spacial score (nSPS) is 19.6. The van der Waals surface area contributed by atoms with Gasteiger partial charge in [-0.05, 0) is 31.5 Å². The van der Waals surface area contributed by atoms with E-state index < -0.39 is 0 Å². The second-order valence-electron chi connectivity index (χ2n) is 6.99. The minimum atomic E-state index is -0.129. The second kappa shape index (κ2) is 9.45. The summed E-state index contributed by atoms with van der Waals surface area (Å²) in [6.07, 6.45) is 1.93. The monoisotopic (exact) mass is 405 g/mol. The number of imidazole rings is 1. The highest BCUT2D eigenvalue weighted by Crippen LogP contribution is 2.22. The highest BCUT2D eigenvalue weighted by atomic mass is 32.2. The number of morpholine rings is 1. The van der Waals surface area contributed by atoms with Crippen LogP contribution in [0.3, 0.4) is 0 Å². The lowest BCUT2D eigenvalue weighted by Crippen LogP contribution is -2.48. The lowest BCUT2D eigenvalue weighted by Gasteiger charge is -2.35. The molecule has 152 valence electrons. The molecule has 1 aliphatic rings. The Hall–Kier alpha value is -2.03. The number of methoxy groups -OCH3 is 1. The summed E-state index contributed by atoms with van der Waals surface area (Å²) in [6, 6.07) is 7.81. The molecule has 7 nitrogen and oxygen atoms in total. The average Bonchev–Trinajstić information content (AvgIpc) is 3.07. The zero-order valence-corrected chi connectivity index (χ0v) is 17.3. The molecule has 3 rings (SSSR count). The maximum Gasteiger partial charge on any atom is 0.233 e. The van der Waals surface area contributed by atoms with Crippen molar-refractivity contribution >= 4 is 17.7 Å². The molecule has 8 heteroatoms. The van der Waals surface area contributed by atoms with Gasteiger partial charge in [-0.1, -0.05) is 23.9 Å². The Kier molecular flexibility index (Phi) is 6.98. The van der Waals surface area contributed by atoms with Crippen molar-refractivity contribution in [3.63, 3.8) is 0 Å². The van der Waals surface area contributed by atoms with Crippen molar-refractivity contribution in [2.24, 2.45) is 0 Å². The molecule has 2 aromatic rings. The van der Waals surface area contributed by atoms with E-state index in [0.717, 1.165) is 16.5 Å². The summed E-state index contributed by atoms with van der Waals surface area (Å²) < 4.78 is 12.9. The number of hydrogen-bond acceptors (Lipinski definition) is 6. The molecule has 2 unspecified atom stereocenters. The Bertz CT molecular complexity index is 783. The predicted octanol–water partition coefficient (Wildman–Crippen LogP) is 2.16. The molecule has 0 saturated carbocycles. The number of amides is 1. The molecule has 1 aromatic carbocycles. The van der Waals surface area contributed by atoms with E-state index in [1.807, 2.05) is 53.8 Å². The van der Waals surface area contributed by atoms with Gasteiger partial charge in [0, 0.05) is 25.8 Å². The molecule has 1 saturated heterocycles. The van der Waals surface area contributed by atoms with Gasteiger partial charge in [-0.3, -0.25) is 4.79 Å². The number of ether oxygens (including phenoxy) is 2. The number of carbonyl (C=O) groups excluding carboxylic acids is 1. The molecule has 1 aromatic heterocycles. The van der Waals surface area contributed by atoms with Crippen LogP contribution < -0.4 is 4.74 Å². The number of aliphatic hydroxyl groups excluding tert-OH is 1. The van der Waals surface area contributed by atoms with Crippen LogP contribution in [0.4, 0.5) is 0 Å². The Morgan fingerprint density at radius 2 is 1.96 bits per heavy atom. The van der Waals surface area contributed by atoms with Crippen LogP contribution in [0, 0.1) is 0 Å². The third kappa shape index (κ3) is 5.27. The summed E-state index contributed by atoms with van der Waals surface area (Å²) in [4.78, 5) is 18.9. The molecule has 0 radical (unpaired) electrons. The summed E-state index contributed by atoms with van der Waals surface area (Å²) in [5.74, 6) is 1.19. The molecule has 2 heterocycles. The van der Waals surface area contributed by atoms with Gasteiger partial charge in [0.25, 0.3) is 0 Å². The average molecular weight is 406 g/mol. The van der Waals surface area contributed by atoms with Crippen LogP contribution in [0.1, 0.15) is 25.1 Å². The van der Waals surface area contributed by atoms with E-state index in [1.54, 1.807) is 7.11 Å². The zero-order chi connectivity index (χ0) is 20.1. The van der Waals surface area contributed by atoms with Crippen LogP contribution in [-0.2, 0) is 22.7 Å². The largest absolute Gasteiger partial charge is 0.497 e. The van der Waals surface area contributed by atoms with Crippen LogP contribution >= 0.6 is 11.8 Å². The number of nitrogens with zero attached hydrogens (tertiary/aromatic N) is 3. The molecular weight excluding hydrogens is 378 g/mol. The third-order valence-electron chi connectivity index (χ3n) is 4.56. The number of carbonyl (C=O) groups is 1. The zero-order valence-electron chi connectivity index (χ0n) is 16.5. The Morgan fingerprint density at radius 3 is 2.57 bits per heavy atom. The Labute approximate surface area is 169 Å². The first kappa shape index (κ1) is 20.7. The number of benzene rings is 1. The Morgan fingerprint density at radius 1 is 1.29 bits per heavy atom. The molecule has 0 bridgehead atoms. The van der Waals surface area contributed by atoms with Gasteiger partial charge < -0.3 is 24.0 Å². The van der Waals surface area contributed by atoms with Crippen LogP contribution in [0.5, 0.6) is 5.75 Å². The van der Waals surface area contributed by atoms with Crippen LogP contribution in [0.25, 0.3) is 0 Å². The number of rotatable bonds is 7. The van der Waals surface area contributed by atoms with Crippen molar-refractivity contribution in [1.82, 2.24) is 14.5 Å². The standard InChI is InChI=1S/C20H27N3O4S/c1-14-8-22(9-15(2)27-14)19(25)13-28-20-21-17(12-24)11-23(20)10-16-4-6-18(26-3)7-5-16/h4-7,11,14-15,24H,8-10,12-13H2,1-3H3. The highest BCUT2D eigenvalue weighted by Gasteiger charge is 2.26. The molecule has 2 atom stereocenters. The van der Waals surface area contributed by atoms with Gasteiger partial charge in [-0.25, -0.2) is 4.98 Å². The predicted molar refractivity (Wildman–Crippen MR) is 108 cm³/mol. The quantitative estimate of drug-likeness (QED) is 0.712. The summed E-state index contributed by atoms with van der Waals surface area (Å²) >= 11 is 1.40. The van der Waals surface area contributed by atoms with E-state index in [9.17, 15) is 9.90 Å². The van der Waals surface area contributed by atoms with Gasteiger partial charge >= 0.3 is 0 Å². The first-order valence-corrected chi connectivity index (χ1v) is 10.3.